The minimum absolute atomic E-state index is 0.0878. The second-order valence-corrected chi connectivity index (χ2v) is 8.90. The number of nitrogens with one attached hydrogen (secondary N) is 1. The monoisotopic (exact) mass is 414 g/mol. The molecule has 0 radical (unpaired) electrons. The summed E-state index contributed by atoms with van der Waals surface area (Å²) < 4.78 is 5.12. The Bertz CT molecular complexity index is 1090. The number of rotatable bonds is 4. The predicted octanol–water partition coefficient (Wildman–Crippen LogP) is 3.51. The van der Waals surface area contributed by atoms with E-state index in [1.165, 1.54) is 4.90 Å². The first-order chi connectivity index (χ1) is 15.1. The van der Waals surface area contributed by atoms with Crippen molar-refractivity contribution in [3.05, 3.63) is 66.2 Å². The van der Waals surface area contributed by atoms with Crippen molar-refractivity contribution in [2.24, 2.45) is 35.5 Å². The number of hydrogen-bond acceptors (Lipinski definition) is 4. The molecule has 1 saturated heterocycles. The second-order valence-electron chi connectivity index (χ2n) is 8.90. The Hall–Kier alpha value is -3.41. The van der Waals surface area contributed by atoms with Crippen molar-refractivity contribution in [2.45, 2.75) is 6.42 Å². The molecule has 5 aliphatic rings. The lowest BCUT2D eigenvalue weighted by atomic mass is 9.63. The van der Waals surface area contributed by atoms with E-state index in [0.29, 0.717) is 34.5 Å². The van der Waals surface area contributed by atoms with Gasteiger partial charge >= 0.3 is 0 Å². The number of imide groups is 1. The number of anilines is 2. The van der Waals surface area contributed by atoms with Crippen molar-refractivity contribution in [1.82, 2.24) is 0 Å². The summed E-state index contributed by atoms with van der Waals surface area (Å²) in [6, 6.07) is 13.8. The van der Waals surface area contributed by atoms with Gasteiger partial charge in [-0.15, -0.1) is 0 Å². The summed E-state index contributed by atoms with van der Waals surface area (Å²) in [6.45, 7) is 0. The van der Waals surface area contributed by atoms with Crippen molar-refractivity contribution >= 4 is 29.1 Å². The van der Waals surface area contributed by atoms with E-state index in [4.69, 9.17) is 4.74 Å². The predicted molar refractivity (Wildman–Crippen MR) is 115 cm³/mol. The lowest BCUT2D eigenvalue weighted by molar-refractivity contribution is -0.124. The number of methoxy groups -OCH3 is 1. The van der Waals surface area contributed by atoms with Crippen LogP contribution < -0.4 is 15.0 Å². The fraction of sp³-hybridized carbons (Fsp3) is 0.320. The van der Waals surface area contributed by atoms with Crippen LogP contribution >= 0.6 is 0 Å². The molecule has 0 unspecified atom stereocenters. The topological polar surface area (TPSA) is 75.7 Å². The first kappa shape index (κ1) is 18.4. The van der Waals surface area contributed by atoms with E-state index in [2.05, 4.69) is 17.5 Å². The zero-order valence-corrected chi connectivity index (χ0v) is 17.0. The number of ether oxygens (including phenoxy) is 1. The molecule has 156 valence electrons. The molecule has 1 N–H and O–H groups in total. The molecule has 0 spiro atoms. The van der Waals surface area contributed by atoms with Gasteiger partial charge in [0.05, 0.1) is 24.6 Å². The lowest BCUT2D eigenvalue weighted by Crippen LogP contribution is -2.40. The molecule has 6 nitrogen and oxygen atoms in total. The van der Waals surface area contributed by atoms with E-state index in [9.17, 15) is 14.4 Å². The van der Waals surface area contributed by atoms with Crippen LogP contribution in [0.5, 0.6) is 5.75 Å². The SMILES string of the molecule is COc1ccc(NC(=O)c2ccc(N3C(=O)[C@@H]4[C@H]5C=C[C@@H]([C@@H]6C[C@H]56)[C@H]4C3=O)cc2)cc1. The summed E-state index contributed by atoms with van der Waals surface area (Å²) >= 11 is 0. The molecule has 1 heterocycles. The zero-order chi connectivity index (χ0) is 21.3. The van der Waals surface area contributed by atoms with Crippen LogP contribution in [-0.4, -0.2) is 24.8 Å². The molecule has 1 aliphatic heterocycles. The molecular formula is C25H22N2O4. The van der Waals surface area contributed by atoms with Gasteiger partial charge in [-0.2, -0.15) is 0 Å². The van der Waals surface area contributed by atoms with Crippen molar-refractivity contribution < 1.29 is 19.1 Å². The Morgan fingerprint density at radius 2 is 1.48 bits per heavy atom. The van der Waals surface area contributed by atoms with E-state index < -0.39 is 0 Å². The van der Waals surface area contributed by atoms with E-state index >= 15 is 0 Å². The standard InChI is InChI=1S/C25H22N2O4/c1-31-16-8-4-14(5-9-16)26-23(28)13-2-6-15(7-3-13)27-24(29)21-17-10-11-18(20-12-19(17)20)22(21)25(27)30/h2-11,17-22H,12H2,1H3,(H,26,28)/t17-,18-,19-,20+,21+,22+/m0/s1. The average Bonchev–Trinajstić information content (AvgIpc) is 3.58. The first-order valence-corrected chi connectivity index (χ1v) is 10.7. The maximum atomic E-state index is 13.2. The van der Waals surface area contributed by atoms with E-state index in [1.54, 1.807) is 55.6 Å². The summed E-state index contributed by atoms with van der Waals surface area (Å²) in [6.07, 6.45) is 5.48. The number of nitrogens with zero attached hydrogens (tertiary/aromatic N) is 1. The highest BCUT2D eigenvalue weighted by Crippen LogP contribution is 2.65. The van der Waals surface area contributed by atoms with E-state index in [1.807, 2.05) is 0 Å². The fourth-order valence-electron chi connectivity index (χ4n) is 5.85. The third kappa shape index (κ3) is 2.67. The van der Waals surface area contributed by atoms with Gasteiger partial charge in [0.15, 0.2) is 0 Å². The van der Waals surface area contributed by atoms with Crippen molar-refractivity contribution in [3.63, 3.8) is 0 Å². The number of hydrogen-bond donors (Lipinski definition) is 1. The number of benzene rings is 2. The molecule has 4 aliphatic carbocycles. The van der Waals surface area contributed by atoms with Gasteiger partial charge in [0.2, 0.25) is 11.8 Å². The number of carbonyl (C=O) groups excluding carboxylic acids is 3. The Morgan fingerprint density at radius 1 is 0.903 bits per heavy atom. The Labute approximate surface area is 179 Å². The average molecular weight is 414 g/mol. The molecule has 7 rings (SSSR count). The van der Waals surface area contributed by atoms with Gasteiger partial charge in [0.25, 0.3) is 5.91 Å². The van der Waals surface area contributed by atoms with Crippen molar-refractivity contribution in [2.75, 3.05) is 17.3 Å². The van der Waals surface area contributed by atoms with Crippen LogP contribution in [-0.2, 0) is 9.59 Å². The smallest absolute Gasteiger partial charge is 0.255 e. The minimum atomic E-state index is -0.258. The Morgan fingerprint density at radius 3 is 2.03 bits per heavy atom. The number of amides is 3. The van der Waals surface area contributed by atoms with Gasteiger partial charge in [-0.1, -0.05) is 12.2 Å². The van der Waals surface area contributed by atoms with Gasteiger partial charge < -0.3 is 10.1 Å². The van der Waals surface area contributed by atoms with Crippen LogP contribution in [0.25, 0.3) is 0 Å². The molecule has 3 fully saturated rings. The molecule has 3 amide bonds. The van der Waals surface area contributed by atoms with Gasteiger partial charge in [0.1, 0.15) is 5.75 Å². The molecule has 0 aromatic heterocycles. The molecule has 2 aromatic carbocycles. The maximum absolute atomic E-state index is 13.2. The molecular weight excluding hydrogens is 392 g/mol. The van der Waals surface area contributed by atoms with E-state index in [0.717, 1.165) is 6.42 Å². The van der Waals surface area contributed by atoms with Gasteiger partial charge in [-0.25, -0.2) is 0 Å². The summed E-state index contributed by atoms with van der Waals surface area (Å²) in [7, 11) is 1.59. The summed E-state index contributed by atoms with van der Waals surface area (Å²) in [5, 5.41) is 2.84. The lowest BCUT2D eigenvalue weighted by Gasteiger charge is -2.37. The van der Waals surface area contributed by atoms with Crippen molar-refractivity contribution in [3.8, 4) is 5.75 Å². The highest BCUT2D eigenvalue weighted by molar-refractivity contribution is 6.22. The molecule has 2 bridgehead atoms. The highest BCUT2D eigenvalue weighted by Gasteiger charge is 2.67. The van der Waals surface area contributed by atoms with Crippen molar-refractivity contribution in [1.29, 1.82) is 0 Å². The first-order valence-electron chi connectivity index (χ1n) is 10.7. The normalized spacial score (nSPS) is 32.0. The molecule has 6 atom stereocenters. The molecule has 2 saturated carbocycles. The third-order valence-corrected chi connectivity index (χ3v) is 7.40. The van der Waals surface area contributed by atoms with Crippen LogP contribution in [0, 0.1) is 35.5 Å². The van der Waals surface area contributed by atoms with Crippen LogP contribution in [0.15, 0.2) is 60.7 Å². The van der Waals surface area contributed by atoms with Crippen LogP contribution in [0.3, 0.4) is 0 Å². The Kier molecular flexibility index (Phi) is 3.88. The quantitative estimate of drug-likeness (QED) is 0.614. The maximum Gasteiger partial charge on any atom is 0.255 e. The van der Waals surface area contributed by atoms with Crippen LogP contribution in [0.4, 0.5) is 11.4 Å². The largest absolute Gasteiger partial charge is 0.497 e. The number of carbonyl (C=O) groups is 3. The molecule has 2 aromatic rings. The fourth-order valence-corrected chi connectivity index (χ4v) is 5.85. The second kappa shape index (κ2) is 6.54. The van der Waals surface area contributed by atoms with Gasteiger partial charge in [0, 0.05) is 11.3 Å². The summed E-state index contributed by atoms with van der Waals surface area (Å²) in [5.74, 6) is 1.41. The van der Waals surface area contributed by atoms with Crippen LogP contribution in [0.2, 0.25) is 0 Å². The van der Waals surface area contributed by atoms with Crippen LogP contribution in [0.1, 0.15) is 16.8 Å². The number of allylic oxidation sites excluding steroid dienone is 2. The van der Waals surface area contributed by atoms with E-state index in [-0.39, 0.29) is 41.4 Å². The minimum Gasteiger partial charge on any atom is -0.497 e. The molecule has 6 heteroatoms. The van der Waals surface area contributed by atoms with Gasteiger partial charge in [-0.05, 0) is 78.6 Å². The summed E-state index contributed by atoms with van der Waals surface area (Å²) in [4.78, 5) is 40.3. The highest BCUT2D eigenvalue weighted by atomic mass is 16.5. The van der Waals surface area contributed by atoms with Gasteiger partial charge in [-0.3, -0.25) is 19.3 Å². The Balaban J connectivity index is 1.20. The summed E-state index contributed by atoms with van der Waals surface area (Å²) in [5.41, 5.74) is 1.66. The third-order valence-electron chi connectivity index (χ3n) is 7.40. The molecule has 31 heavy (non-hydrogen) atoms. The zero-order valence-electron chi connectivity index (χ0n) is 17.0.